The van der Waals surface area contributed by atoms with E-state index >= 15 is 0 Å². The zero-order valence-corrected chi connectivity index (χ0v) is 20.8. The lowest BCUT2D eigenvalue weighted by Gasteiger charge is -2.28. The molecular formula is C24H29N3O4S2. The molecule has 2 heterocycles. The van der Waals surface area contributed by atoms with Crippen LogP contribution < -0.4 is 4.90 Å². The van der Waals surface area contributed by atoms with Gasteiger partial charge in [-0.1, -0.05) is 29.5 Å². The molecule has 1 aliphatic heterocycles. The number of nitrogens with zero attached hydrogens (tertiary/aromatic N) is 3. The third-order valence-corrected chi connectivity index (χ3v) is 7.95. The van der Waals surface area contributed by atoms with Gasteiger partial charge < -0.3 is 4.74 Å². The molecule has 1 aromatic heterocycles. The number of carbonyl (C=O) groups excluding carboxylic acids is 1. The molecule has 9 heteroatoms. The van der Waals surface area contributed by atoms with Gasteiger partial charge in [-0.3, -0.25) is 14.6 Å². The highest BCUT2D eigenvalue weighted by molar-refractivity contribution is 7.90. The summed E-state index contributed by atoms with van der Waals surface area (Å²) in [5, 5.41) is 0.592. The van der Waals surface area contributed by atoms with E-state index in [2.05, 4.69) is 17.0 Å². The highest BCUT2D eigenvalue weighted by Gasteiger charge is 2.26. The largest absolute Gasteiger partial charge is 0.379 e. The van der Waals surface area contributed by atoms with E-state index in [9.17, 15) is 13.2 Å². The summed E-state index contributed by atoms with van der Waals surface area (Å²) < 4.78 is 31.2. The van der Waals surface area contributed by atoms with Crippen LogP contribution in [0.15, 0.2) is 41.3 Å². The minimum atomic E-state index is -3.56. The lowest BCUT2D eigenvalue weighted by atomic mass is 10.1. The Kier molecular flexibility index (Phi) is 7.13. The van der Waals surface area contributed by atoms with Crippen LogP contribution in [0.5, 0.6) is 0 Å². The van der Waals surface area contributed by atoms with E-state index < -0.39 is 9.84 Å². The standard InChI is InChI=1S/C24H29N3O4S2/c1-17-15-18(2)22-20(16-17)32-24(25-22)27(10-6-9-26-11-13-31-14-12-26)23(28)19-7-4-5-8-21(19)33(3,29)30/h4-5,7-8,15-16H,6,9-14H2,1-3H3. The summed E-state index contributed by atoms with van der Waals surface area (Å²) in [4.78, 5) is 22.5. The number of hydrogen-bond donors (Lipinski definition) is 0. The maximum absolute atomic E-state index is 13.7. The minimum Gasteiger partial charge on any atom is -0.379 e. The van der Waals surface area contributed by atoms with Crippen molar-refractivity contribution >= 4 is 42.4 Å². The molecule has 2 aromatic carbocycles. The summed E-state index contributed by atoms with van der Waals surface area (Å²) in [6, 6.07) is 10.6. The number of morpholine rings is 1. The Labute approximate surface area is 198 Å². The first-order chi connectivity index (χ1) is 15.7. The summed E-state index contributed by atoms with van der Waals surface area (Å²) >= 11 is 1.47. The van der Waals surface area contributed by atoms with Crippen molar-refractivity contribution in [1.82, 2.24) is 9.88 Å². The Morgan fingerprint density at radius 2 is 1.91 bits per heavy atom. The molecule has 1 fully saturated rings. The number of aryl methyl sites for hydroxylation is 2. The normalized spacial score (nSPS) is 15.1. The quantitative estimate of drug-likeness (QED) is 0.506. The maximum Gasteiger partial charge on any atom is 0.261 e. The fourth-order valence-corrected chi connectivity index (χ4v) is 6.19. The summed E-state index contributed by atoms with van der Waals surface area (Å²) in [6.45, 7) is 8.55. The SMILES string of the molecule is Cc1cc(C)c2nc(N(CCCN3CCOCC3)C(=O)c3ccccc3S(C)(=O)=O)sc2c1. The van der Waals surface area contributed by atoms with Crippen LogP contribution in [0.3, 0.4) is 0 Å². The van der Waals surface area contributed by atoms with Gasteiger partial charge in [0.05, 0.1) is 33.9 Å². The Morgan fingerprint density at radius 3 is 2.64 bits per heavy atom. The molecule has 0 radical (unpaired) electrons. The van der Waals surface area contributed by atoms with Crippen molar-refractivity contribution in [2.45, 2.75) is 25.2 Å². The number of fused-ring (bicyclic) bond motifs is 1. The molecule has 1 aliphatic rings. The third kappa shape index (κ3) is 5.43. The molecule has 0 saturated carbocycles. The van der Waals surface area contributed by atoms with Crippen LogP contribution in [0, 0.1) is 13.8 Å². The second-order valence-electron chi connectivity index (χ2n) is 8.46. The number of benzene rings is 2. The molecule has 0 unspecified atom stereocenters. The Morgan fingerprint density at radius 1 is 1.18 bits per heavy atom. The molecule has 0 atom stereocenters. The van der Waals surface area contributed by atoms with Crippen molar-refractivity contribution in [3.05, 3.63) is 53.1 Å². The Bertz CT molecular complexity index is 1260. The third-order valence-electron chi connectivity index (χ3n) is 5.77. The molecular weight excluding hydrogens is 458 g/mol. The van der Waals surface area contributed by atoms with E-state index in [-0.39, 0.29) is 16.4 Å². The Balaban J connectivity index is 1.68. The van der Waals surface area contributed by atoms with E-state index in [4.69, 9.17) is 9.72 Å². The lowest BCUT2D eigenvalue weighted by Crippen LogP contribution is -2.39. The zero-order valence-electron chi connectivity index (χ0n) is 19.2. The lowest BCUT2D eigenvalue weighted by molar-refractivity contribution is 0.0376. The van der Waals surface area contributed by atoms with Crippen molar-refractivity contribution in [1.29, 1.82) is 0 Å². The van der Waals surface area contributed by atoms with Gasteiger partial charge in [-0.25, -0.2) is 13.4 Å². The average Bonchev–Trinajstić information content (AvgIpc) is 3.20. The molecule has 0 spiro atoms. The van der Waals surface area contributed by atoms with E-state index in [1.54, 1.807) is 23.1 Å². The number of carbonyl (C=O) groups is 1. The predicted molar refractivity (Wildman–Crippen MR) is 132 cm³/mol. The van der Waals surface area contributed by atoms with E-state index in [0.717, 1.165) is 66.9 Å². The van der Waals surface area contributed by atoms with E-state index in [1.165, 1.54) is 17.4 Å². The van der Waals surface area contributed by atoms with Crippen LogP contribution in [0.4, 0.5) is 5.13 Å². The summed E-state index contributed by atoms with van der Waals surface area (Å²) in [5.74, 6) is -0.341. The number of thiazole rings is 1. The number of sulfone groups is 1. The van der Waals surface area contributed by atoms with Crippen LogP contribution in [0.25, 0.3) is 10.2 Å². The van der Waals surface area contributed by atoms with Crippen LogP contribution in [0.1, 0.15) is 27.9 Å². The number of ether oxygens (including phenoxy) is 1. The molecule has 4 rings (SSSR count). The zero-order chi connectivity index (χ0) is 23.6. The smallest absolute Gasteiger partial charge is 0.261 e. The number of hydrogen-bond acceptors (Lipinski definition) is 7. The summed E-state index contributed by atoms with van der Waals surface area (Å²) in [5.41, 5.74) is 3.26. The van der Waals surface area contributed by atoms with E-state index in [1.807, 2.05) is 13.8 Å². The molecule has 7 nitrogen and oxygen atoms in total. The van der Waals surface area contributed by atoms with Gasteiger partial charge in [0.15, 0.2) is 15.0 Å². The van der Waals surface area contributed by atoms with Gasteiger partial charge in [-0.15, -0.1) is 0 Å². The van der Waals surface area contributed by atoms with Gasteiger partial charge in [-0.05, 0) is 49.6 Å². The molecule has 0 N–H and O–H groups in total. The van der Waals surface area contributed by atoms with Crippen LogP contribution in [-0.2, 0) is 14.6 Å². The van der Waals surface area contributed by atoms with Crippen LogP contribution in [-0.4, -0.2) is 69.9 Å². The van der Waals surface area contributed by atoms with Crippen molar-refractivity contribution in [2.75, 3.05) is 50.5 Å². The molecule has 1 saturated heterocycles. The molecule has 0 aliphatic carbocycles. The summed E-state index contributed by atoms with van der Waals surface area (Å²) in [6.07, 6.45) is 1.88. The first-order valence-corrected chi connectivity index (χ1v) is 13.7. The van der Waals surface area contributed by atoms with E-state index in [0.29, 0.717) is 11.7 Å². The van der Waals surface area contributed by atoms with Gasteiger partial charge in [0, 0.05) is 32.4 Å². The monoisotopic (exact) mass is 487 g/mol. The van der Waals surface area contributed by atoms with Gasteiger partial charge in [0.2, 0.25) is 0 Å². The van der Waals surface area contributed by atoms with Gasteiger partial charge in [-0.2, -0.15) is 0 Å². The highest BCUT2D eigenvalue weighted by atomic mass is 32.2. The number of aromatic nitrogens is 1. The molecule has 1 amide bonds. The first-order valence-electron chi connectivity index (χ1n) is 11.0. The number of anilines is 1. The summed E-state index contributed by atoms with van der Waals surface area (Å²) in [7, 11) is -3.56. The van der Waals surface area contributed by atoms with Crippen LogP contribution >= 0.6 is 11.3 Å². The molecule has 3 aromatic rings. The second kappa shape index (κ2) is 9.89. The molecule has 0 bridgehead atoms. The predicted octanol–water partition coefficient (Wildman–Crippen LogP) is 3.69. The average molecular weight is 488 g/mol. The fourth-order valence-electron chi connectivity index (χ4n) is 4.15. The molecule has 33 heavy (non-hydrogen) atoms. The van der Waals surface area contributed by atoms with Crippen LogP contribution in [0.2, 0.25) is 0 Å². The maximum atomic E-state index is 13.7. The molecule has 176 valence electrons. The minimum absolute atomic E-state index is 0.0429. The van der Waals surface area contributed by atoms with Crippen molar-refractivity contribution < 1.29 is 17.9 Å². The second-order valence-corrected chi connectivity index (χ2v) is 11.5. The fraction of sp³-hybridized carbons (Fsp3) is 0.417. The highest BCUT2D eigenvalue weighted by Crippen LogP contribution is 2.33. The number of amides is 1. The number of rotatable bonds is 7. The van der Waals surface area contributed by atoms with Gasteiger partial charge >= 0.3 is 0 Å². The van der Waals surface area contributed by atoms with Crippen molar-refractivity contribution in [3.63, 3.8) is 0 Å². The first kappa shape index (κ1) is 23.8. The topological polar surface area (TPSA) is 79.8 Å². The van der Waals surface area contributed by atoms with Gasteiger partial charge in [0.1, 0.15) is 0 Å². The Hall–Kier alpha value is -2.33. The van der Waals surface area contributed by atoms with Gasteiger partial charge in [0.25, 0.3) is 5.91 Å². The van der Waals surface area contributed by atoms with Crippen molar-refractivity contribution in [2.24, 2.45) is 0 Å². The van der Waals surface area contributed by atoms with Crippen molar-refractivity contribution in [3.8, 4) is 0 Å².